The van der Waals surface area contributed by atoms with Crippen molar-refractivity contribution in [3.63, 3.8) is 0 Å². The number of aromatic amines is 2. The van der Waals surface area contributed by atoms with Crippen LogP contribution in [0.25, 0.3) is 21.8 Å². The molecule has 0 unspecified atom stereocenters. The van der Waals surface area contributed by atoms with E-state index >= 15 is 0 Å². The molecular formula is C31H30N4O2. The Balaban J connectivity index is 1.25. The molecule has 0 saturated carbocycles. The fourth-order valence-electron chi connectivity index (χ4n) is 5.50. The van der Waals surface area contributed by atoms with Crippen LogP contribution in [0.2, 0.25) is 0 Å². The smallest absolute Gasteiger partial charge is 0.240 e. The Morgan fingerprint density at radius 3 is 2.30 bits per heavy atom. The summed E-state index contributed by atoms with van der Waals surface area (Å²) in [5, 5.41) is 2.05. The first-order valence-corrected chi connectivity index (χ1v) is 12.9. The van der Waals surface area contributed by atoms with Crippen molar-refractivity contribution in [3.05, 3.63) is 108 Å². The molecule has 0 bridgehead atoms. The van der Waals surface area contributed by atoms with Gasteiger partial charge in [-0.2, -0.15) is 0 Å². The van der Waals surface area contributed by atoms with Crippen molar-refractivity contribution in [1.82, 2.24) is 19.8 Å². The minimum Gasteiger partial charge on any atom is -0.361 e. The van der Waals surface area contributed by atoms with Crippen molar-refractivity contribution in [2.45, 2.75) is 18.9 Å². The monoisotopic (exact) mass is 490 g/mol. The summed E-state index contributed by atoms with van der Waals surface area (Å²) in [4.78, 5) is 37.9. The Kier molecular flexibility index (Phi) is 6.33. The van der Waals surface area contributed by atoms with Crippen LogP contribution in [-0.4, -0.2) is 63.7 Å². The zero-order chi connectivity index (χ0) is 25.2. The molecule has 1 atom stereocenters. The lowest BCUT2D eigenvalue weighted by atomic mass is 9.99. The summed E-state index contributed by atoms with van der Waals surface area (Å²) < 4.78 is 0. The lowest BCUT2D eigenvalue weighted by molar-refractivity contribution is -0.141. The molecule has 37 heavy (non-hydrogen) atoms. The molecule has 3 heterocycles. The van der Waals surface area contributed by atoms with Gasteiger partial charge < -0.3 is 14.9 Å². The molecule has 1 aliphatic heterocycles. The highest BCUT2D eigenvalue weighted by atomic mass is 16.2. The normalized spacial score (nSPS) is 16.6. The Morgan fingerprint density at radius 1 is 0.811 bits per heavy atom. The van der Waals surface area contributed by atoms with Crippen molar-refractivity contribution in [3.8, 4) is 0 Å². The number of nitrogens with one attached hydrogen (secondary N) is 2. The first kappa shape index (κ1) is 23.3. The van der Waals surface area contributed by atoms with Gasteiger partial charge in [0.15, 0.2) is 5.78 Å². The Morgan fingerprint density at radius 2 is 1.49 bits per heavy atom. The topological polar surface area (TPSA) is 72.2 Å². The lowest BCUT2D eigenvalue weighted by Crippen LogP contribution is -2.59. The summed E-state index contributed by atoms with van der Waals surface area (Å²) in [6, 6.07) is 25.9. The number of carbonyl (C=O) groups is 2. The molecular weight excluding hydrogens is 460 g/mol. The van der Waals surface area contributed by atoms with Crippen LogP contribution in [0.4, 0.5) is 0 Å². The SMILES string of the molecule is O=C(CN1CCN(CCc2ccccc2)C(=O)[C@H]1Cc1c[nH]c2ccccc12)c1c[nH]c2ccccc12. The molecule has 6 nitrogen and oxygen atoms in total. The van der Waals surface area contributed by atoms with Crippen LogP contribution in [0, 0.1) is 0 Å². The molecule has 1 fully saturated rings. The first-order chi connectivity index (χ1) is 18.2. The number of carbonyl (C=O) groups excluding carboxylic acids is 2. The molecule has 6 heteroatoms. The third kappa shape index (κ3) is 4.68. The van der Waals surface area contributed by atoms with E-state index in [9.17, 15) is 9.59 Å². The van der Waals surface area contributed by atoms with Crippen LogP contribution in [-0.2, 0) is 17.6 Å². The maximum absolute atomic E-state index is 13.9. The minimum absolute atomic E-state index is 0.0342. The highest BCUT2D eigenvalue weighted by molar-refractivity contribution is 6.09. The number of fused-ring (bicyclic) bond motifs is 2. The van der Waals surface area contributed by atoms with Gasteiger partial charge in [-0.15, -0.1) is 0 Å². The first-order valence-electron chi connectivity index (χ1n) is 12.9. The number of hydrogen-bond acceptors (Lipinski definition) is 3. The van der Waals surface area contributed by atoms with Gasteiger partial charge >= 0.3 is 0 Å². The minimum atomic E-state index is -0.391. The maximum Gasteiger partial charge on any atom is 0.240 e. The van der Waals surface area contributed by atoms with E-state index in [0.29, 0.717) is 31.6 Å². The van der Waals surface area contributed by atoms with Gasteiger partial charge in [-0.1, -0.05) is 66.7 Å². The number of H-pyrrole nitrogens is 2. The fraction of sp³-hybridized carbons (Fsp3) is 0.226. The molecule has 5 aromatic rings. The molecule has 3 aromatic carbocycles. The van der Waals surface area contributed by atoms with Gasteiger partial charge in [0, 0.05) is 59.4 Å². The van der Waals surface area contributed by atoms with Crippen LogP contribution in [0.5, 0.6) is 0 Å². The van der Waals surface area contributed by atoms with E-state index in [4.69, 9.17) is 0 Å². The van der Waals surface area contributed by atoms with Crippen LogP contribution in [0.3, 0.4) is 0 Å². The Bertz CT molecular complexity index is 1550. The molecule has 6 rings (SSSR count). The largest absolute Gasteiger partial charge is 0.361 e. The van der Waals surface area contributed by atoms with Gasteiger partial charge in [0.1, 0.15) is 0 Å². The van der Waals surface area contributed by atoms with Gasteiger partial charge in [0.05, 0.1) is 12.6 Å². The molecule has 0 radical (unpaired) electrons. The highest BCUT2D eigenvalue weighted by Gasteiger charge is 2.36. The van der Waals surface area contributed by atoms with Crippen molar-refractivity contribution in [2.75, 3.05) is 26.2 Å². The van der Waals surface area contributed by atoms with E-state index in [1.54, 1.807) is 6.20 Å². The van der Waals surface area contributed by atoms with Gasteiger partial charge in [0.25, 0.3) is 0 Å². The summed E-state index contributed by atoms with van der Waals surface area (Å²) >= 11 is 0. The lowest BCUT2D eigenvalue weighted by Gasteiger charge is -2.40. The van der Waals surface area contributed by atoms with Crippen molar-refractivity contribution in [2.24, 2.45) is 0 Å². The second-order valence-electron chi connectivity index (χ2n) is 9.78. The number of ketones is 1. The third-order valence-electron chi connectivity index (χ3n) is 7.53. The fourth-order valence-corrected chi connectivity index (χ4v) is 5.50. The summed E-state index contributed by atoms with van der Waals surface area (Å²) in [6.07, 6.45) is 5.17. The van der Waals surface area contributed by atoms with Crippen LogP contribution in [0.1, 0.15) is 21.5 Å². The van der Waals surface area contributed by atoms with Crippen LogP contribution >= 0.6 is 0 Å². The summed E-state index contributed by atoms with van der Waals surface area (Å²) in [5.74, 6) is 0.131. The zero-order valence-electron chi connectivity index (χ0n) is 20.7. The third-order valence-corrected chi connectivity index (χ3v) is 7.53. The number of aromatic nitrogens is 2. The predicted molar refractivity (Wildman–Crippen MR) is 147 cm³/mol. The molecule has 186 valence electrons. The van der Waals surface area contributed by atoms with Crippen molar-refractivity contribution >= 4 is 33.5 Å². The van der Waals surface area contributed by atoms with Gasteiger partial charge in [-0.05, 0) is 36.1 Å². The van der Waals surface area contributed by atoms with E-state index in [1.807, 2.05) is 71.8 Å². The molecule has 1 aliphatic rings. The average molecular weight is 491 g/mol. The maximum atomic E-state index is 13.9. The molecule has 1 amide bonds. The number of amides is 1. The summed E-state index contributed by atoms with van der Waals surface area (Å²) in [6.45, 7) is 2.18. The van der Waals surface area contributed by atoms with E-state index in [0.717, 1.165) is 33.8 Å². The van der Waals surface area contributed by atoms with Gasteiger partial charge in [-0.3, -0.25) is 14.5 Å². The number of rotatable bonds is 8. The quantitative estimate of drug-likeness (QED) is 0.306. The summed E-state index contributed by atoms with van der Waals surface area (Å²) in [5.41, 5.74) is 5.01. The van der Waals surface area contributed by atoms with Crippen molar-refractivity contribution < 1.29 is 9.59 Å². The molecule has 0 spiro atoms. The van der Waals surface area contributed by atoms with E-state index in [2.05, 4.69) is 33.1 Å². The van der Waals surface area contributed by atoms with E-state index in [-0.39, 0.29) is 18.2 Å². The van der Waals surface area contributed by atoms with Crippen molar-refractivity contribution in [1.29, 1.82) is 0 Å². The molecule has 1 saturated heterocycles. The molecule has 2 aromatic heterocycles. The summed E-state index contributed by atoms with van der Waals surface area (Å²) in [7, 11) is 0. The van der Waals surface area contributed by atoms with E-state index in [1.165, 1.54) is 5.56 Å². The Labute approximate surface area is 215 Å². The highest BCUT2D eigenvalue weighted by Crippen LogP contribution is 2.25. The number of nitrogens with zero attached hydrogens (tertiary/aromatic N) is 2. The van der Waals surface area contributed by atoms with Gasteiger partial charge in [0.2, 0.25) is 5.91 Å². The molecule has 0 aliphatic carbocycles. The number of hydrogen-bond donors (Lipinski definition) is 2. The number of benzene rings is 3. The number of piperazine rings is 1. The van der Waals surface area contributed by atoms with E-state index < -0.39 is 6.04 Å². The number of Topliss-reactive ketones (excluding diaryl/α,β-unsaturated/α-hetero) is 1. The standard InChI is InChI=1S/C31H30N4O2/c36-30(26-20-33-28-13-7-5-11-25(26)28)21-35-17-16-34(15-14-22-8-2-1-3-9-22)31(37)29(35)18-23-19-32-27-12-6-4-10-24(23)27/h1-13,19-20,29,32-33H,14-18,21H2/t29-/m1/s1. The number of para-hydroxylation sites is 2. The molecule has 2 N–H and O–H groups in total. The Hall–Kier alpha value is -4.16. The zero-order valence-corrected chi connectivity index (χ0v) is 20.7. The van der Waals surface area contributed by atoms with Gasteiger partial charge in [-0.25, -0.2) is 0 Å². The van der Waals surface area contributed by atoms with Crippen LogP contribution < -0.4 is 0 Å². The average Bonchev–Trinajstić information content (AvgIpc) is 3.55. The second kappa shape index (κ2) is 10.1. The second-order valence-corrected chi connectivity index (χ2v) is 9.78. The predicted octanol–water partition coefficient (Wildman–Crippen LogP) is 4.83. The van der Waals surface area contributed by atoms with Crippen LogP contribution in [0.15, 0.2) is 91.3 Å².